The second-order valence-corrected chi connectivity index (χ2v) is 4.67. The fraction of sp³-hybridized carbons (Fsp3) is 0.538. The molecule has 0 heterocycles. The zero-order chi connectivity index (χ0) is 13.3. The van der Waals surface area contributed by atoms with E-state index in [-0.39, 0.29) is 12.1 Å². The van der Waals surface area contributed by atoms with Gasteiger partial charge in [0.2, 0.25) is 0 Å². The Morgan fingerprint density at radius 2 is 2.17 bits per heavy atom. The smallest absolute Gasteiger partial charge is 0.268 e. The van der Waals surface area contributed by atoms with Crippen LogP contribution < -0.4 is 10.6 Å². The van der Waals surface area contributed by atoms with Crippen molar-refractivity contribution in [1.29, 1.82) is 0 Å². The highest BCUT2D eigenvalue weighted by atomic mass is 19.3. The molecule has 0 bridgehead atoms. The number of hydrogen-bond donors (Lipinski definition) is 1. The third-order valence-electron chi connectivity index (χ3n) is 3.47. The number of anilines is 2. The van der Waals surface area contributed by atoms with Gasteiger partial charge in [0.1, 0.15) is 5.82 Å². The summed E-state index contributed by atoms with van der Waals surface area (Å²) in [4.78, 5) is 1.45. The van der Waals surface area contributed by atoms with Crippen LogP contribution in [0.1, 0.15) is 26.2 Å². The van der Waals surface area contributed by atoms with Gasteiger partial charge in [-0.15, -0.1) is 0 Å². The van der Waals surface area contributed by atoms with Gasteiger partial charge in [-0.25, -0.2) is 13.2 Å². The highest BCUT2D eigenvalue weighted by molar-refractivity contribution is 5.55. The molecule has 0 spiro atoms. The molecule has 1 saturated carbocycles. The highest BCUT2D eigenvalue weighted by Crippen LogP contribution is 2.40. The zero-order valence-corrected chi connectivity index (χ0v) is 10.3. The molecule has 1 unspecified atom stereocenters. The third-order valence-corrected chi connectivity index (χ3v) is 3.47. The molecular formula is C13H17F3N2. The topological polar surface area (TPSA) is 29.3 Å². The molecule has 1 aliphatic rings. The van der Waals surface area contributed by atoms with Crippen molar-refractivity contribution in [2.75, 3.05) is 17.2 Å². The van der Waals surface area contributed by atoms with Gasteiger partial charge in [-0.05, 0) is 38.0 Å². The monoisotopic (exact) mass is 258 g/mol. The number of halogens is 3. The molecule has 2 N–H and O–H groups in total. The Morgan fingerprint density at radius 1 is 1.44 bits per heavy atom. The van der Waals surface area contributed by atoms with Crippen LogP contribution in [0.2, 0.25) is 0 Å². The molecule has 100 valence electrons. The summed E-state index contributed by atoms with van der Waals surface area (Å²) in [5.74, 6) is -3.29. The SMILES string of the molecule is CCN(c1ccc(N)cc1F)C1CCCC1(F)F. The highest BCUT2D eigenvalue weighted by Gasteiger charge is 2.47. The molecule has 1 aliphatic carbocycles. The Kier molecular flexibility index (Phi) is 3.41. The van der Waals surface area contributed by atoms with E-state index in [1.54, 1.807) is 6.92 Å². The van der Waals surface area contributed by atoms with E-state index in [1.807, 2.05) is 0 Å². The minimum Gasteiger partial charge on any atom is -0.399 e. The van der Waals surface area contributed by atoms with Crippen LogP contribution in [0.5, 0.6) is 0 Å². The van der Waals surface area contributed by atoms with Crippen molar-refractivity contribution in [2.24, 2.45) is 0 Å². The maximum atomic E-state index is 13.8. The minimum absolute atomic E-state index is 0.120. The average molecular weight is 258 g/mol. The first kappa shape index (κ1) is 13.1. The summed E-state index contributed by atoms with van der Waals surface area (Å²) >= 11 is 0. The first-order valence-electron chi connectivity index (χ1n) is 6.15. The molecule has 0 aliphatic heterocycles. The van der Waals surface area contributed by atoms with Crippen molar-refractivity contribution < 1.29 is 13.2 Å². The molecule has 1 aromatic carbocycles. The van der Waals surface area contributed by atoms with Crippen LogP contribution in [0.4, 0.5) is 24.5 Å². The third kappa shape index (κ3) is 2.26. The molecule has 2 nitrogen and oxygen atoms in total. The van der Waals surface area contributed by atoms with E-state index < -0.39 is 17.8 Å². The van der Waals surface area contributed by atoms with Crippen LogP contribution in [0.15, 0.2) is 18.2 Å². The molecule has 2 rings (SSSR count). The van der Waals surface area contributed by atoms with Gasteiger partial charge < -0.3 is 10.6 Å². The lowest BCUT2D eigenvalue weighted by Crippen LogP contribution is -2.44. The molecule has 0 saturated heterocycles. The second kappa shape index (κ2) is 4.71. The summed E-state index contributed by atoms with van der Waals surface area (Å²) < 4.78 is 41.3. The number of alkyl halides is 2. The molecule has 0 aromatic heterocycles. The van der Waals surface area contributed by atoms with Gasteiger partial charge in [-0.2, -0.15) is 0 Å². The van der Waals surface area contributed by atoms with E-state index in [0.717, 1.165) is 0 Å². The molecule has 1 aromatic rings. The maximum Gasteiger partial charge on any atom is 0.268 e. The van der Waals surface area contributed by atoms with E-state index in [0.29, 0.717) is 25.1 Å². The lowest BCUT2D eigenvalue weighted by Gasteiger charge is -2.34. The molecule has 1 atom stereocenters. The fourth-order valence-corrected chi connectivity index (χ4v) is 2.61. The van der Waals surface area contributed by atoms with Crippen molar-refractivity contribution in [2.45, 2.75) is 38.2 Å². The predicted molar refractivity (Wildman–Crippen MR) is 66.4 cm³/mol. The lowest BCUT2D eigenvalue weighted by atomic mass is 10.1. The number of hydrogen-bond acceptors (Lipinski definition) is 2. The number of nitrogen functional groups attached to an aromatic ring is 1. The first-order chi connectivity index (χ1) is 8.45. The van der Waals surface area contributed by atoms with Gasteiger partial charge in [0.05, 0.1) is 11.7 Å². The van der Waals surface area contributed by atoms with Crippen LogP contribution in [0.25, 0.3) is 0 Å². The predicted octanol–water partition coefficient (Wildman–Crippen LogP) is 3.42. The van der Waals surface area contributed by atoms with Crippen LogP contribution in [0, 0.1) is 5.82 Å². The second-order valence-electron chi connectivity index (χ2n) is 4.67. The molecule has 0 radical (unpaired) electrons. The lowest BCUT2D eigenvalue weighted by molar-refractivity contribution is -0.00882. The van der Waals surface area contributed by atoms with E-state index in [4.69, 9.17) is 5.73 Å². The molecule has 18 heavy (non-hydrogen) atoms. The summed E-state index contributed by atoms with van der Waals surface area (Å²) in [5, 5.41) is 0. The van der Waals surface area contributed by atoms with Gasteiger partial charge in [0, 0.05) is 18.7 Å². The van der Waals surface area contributed by atoms with Gasteiger partial charge in [0.25, 0.3) is 5.92 Å². The number of nitrogens with zero attached hydrogens (tertiary/aromatic N) is 1. The van der Waals surface area contributed by atoms with Crippen LogP contribution in [0.3, 0.4) is 0 Å². The van der Waals surface area contributed by atoms with E-state index in [1.165, 1.54) is 23.1 Å². The quantitative estimate of drug-likeness (QED) is 0.842. The first-order valence-corrected chi connectivity index (χ1v) is 6.15. The van der Waals surface area contributed by atoms with E-state index in [2.05, 4.69) is 0 Å². The average Bonchev–Trinajstić information content (AvgIpc) is 2.63. The largest absolute Gasteiger partial charge is 0.399 e. The Labute approximate surface area is 105 Å². The molecule has 0 amide bonds. The van der Waals surface area contributed by atoms with Crippen molar-refractivity contribution in [3.05, 3.63) is 24.0 Å². The Bertz CT molecular complexity index is 434. The van der Waals surface area contributed by atoms with Gasteiger partial charge in [-0.1, -0.05) is 0 Å². The molecule has 1 fully saturated rings. The fourth-order valence-electron chi connectivity index (χ4n) is 2.61. The Hall–Kier alpha value is -1.39. The van der Waals surface area contributed by atoms with Crippen molar-refractivity contribution >= 4 is 11.4 Å². The van der Waals surface area contributed by atoms with Crippen LogP contribution >= 0.6 is 0 Å². The molecule has 5 heteroatoms. The summed E-state index contributed by atoms with van der Waals surface area (Å²) in [6.07, 6.45) is 0.750. The summed E-state index contributed by atoms with van der Waals surface area (Å²) in [6.45, 7) is 2.10. The van der Waals surface area contributed by atoms with E-state index in [9.17, 15) is 13.2 Å². The van der Waals surface area contributed by atoms with Gasteiger partial charge >= 0.3 is 0 Å². The van der Waals surface area contributed by atoms with Gasteiger partial charge in [0.15, 0.2) is 0 Å². The summed E-state index contributed by atoms with van der Waals surface area (Å²) in [7, 11) is 0. The molecular weight excluding hydrogens is 241 g/mol. The number of nitrogens with two attached hydrogens (primary N) is 1. The van der Waals surface area contributed by atoms with Gasteiger partial charge in [-0.3, -0.25) is 0 Å². The summed E-state index contributed by atoms with van der Waals surface area (Å²) in [6, 6.07) is 3.27. The standard InChI is InChI=1S/C13H17F3N2/c1-2-18(12-4-3-7-13(12,15)16)11-6-5-9(17)8-10(11)14/h5-6,8,12H,2-4,7,17H2,1H3. The van der Waals surface area contributed by atoms with Crippen molar-refractivity contribution in [1.82, 2.24) is 0 Å². The normalized spacial score (nSPS) is 22.1. The van der Waals surface area contributed by atoms with Crippen molar-refractivity contribution in [3.8, 4) is 0 Å². The van der Waals surface area contributed by atoms with Crippen LogP contribution in [-0.4, -0.2) is 18.5 Å². The number of rotatable bonds is 3. The van der Waals surface area contributed by atoms with Crippen LogP contribution in [-0.2, 0) is 0 Å². The Morgan fingerprint density at radius 3 is 2.67 bits per heavy atom. The van der Waals surface area contributed by atoms with Crippen molar-refractivity contribution in [3.63, 3.8) is 0 Å². The minimum atomic E-state index is -2.75. The van der Waals surface area contributed by atoms with E-state index >= 15 is 0 Å². The maximum absolute atomic E-state index is 13.8. The zero-order valence-electron chi connectivity index (χ0n) is 10.3. The Balaban J connectivity index is 2.33. The summed E-state index contributed by atoms with van der Waals surface area (Å²) in [5.41, 5.74) is 5.97. The number of benzene rings is 1.